The van der Waals surface area contributed by atoms with Crippen LogP contribution in [0.15, 0.2) is 53.6 Å². The third-order valence-corrected chi connectivity index (χ3v) is 5.72. The van der Waals surface area contributed by atoms with Crippen LogP contribution in [0, 0.1) is 13.8 Å². The van der Waals surface area contributed by atoms with Crippen LogP contribution in [0.2, 0.25) is 0 Å². The molecule has 0 amide bonds. The minimum atomic E-state index is -3.46. The van der Waals surface area contributed by atoms with Crippen molar-refractivity contribution in [1.29, 1.82) is 0 Å². The molecular formula is C19H22N2O2S. The molecule has 3 rings (SSSR count). The summed E-state index contributed by atoms with van der Waals surface area (Å²) in [6.07, 6.45) is 2.73. The second kappa shape index (κ2) is 6.42. The Kier molecular flexibility index (Phi) is 4.47. The summed E-state index contributed by atoms with van der Waals surface area (Å²) in [6, 6.07) is 13.2. The summed E-state index contributed by atoms with van der Waals surface area (Å²) in [5.74, 6) is 0. The maximum Gasteiger partial charge on any atom is 0.240 e. The SMILES string of the molecule is Cc1ccc(S(=O)(=O)NCCc2cn(C)c3ccc(C)cc23)cc1. The molecule has 5 heteroatoms. The van der Waals surface area contributed by atoms with Crippen molar-refractivity contribution in [2.45, 2.75) is 25.2 Å². The zero-order chi connectivity index (χ0) is 17.3. The Balaban J connectivity index is 1.75. The van der Waals surface area contributed by atoms with E-state index in [0.29, 0.717) is 17.9 Å². The molecule has 0 atom stereocenters. The van der Waals surface area contributed by atoms with Crippen LogP contribution >= 0.6 is 0 Å². The van der Waals surface area contributed by atoms with Crippen molar-refractivity contribution >= 4 is 20.9 Å². The molecule has 0 saturated carbocycles. The fraction of sp³-hybridized carbons (Fsp3) is 0.263. The molecule has 1 heterocycles. The molecule has 0 aliphatic heterocycles. The molecule has 0 unspecified atom stereocenters. The number of benzene rings is 2. The highest BCUT2D eigenvalue weighted by atomic mass is 32.2. The lowest BCUT2D eigenvalue weighted by molar-refractivity contribution is 0.581. The van der Waals surface area contributed by atoms with Gasteiger partial charge in [0.25, 0.3) is 0 Å². The van der Waals surface area contributed by atoms with E-state index in [4.69, 9.17) is 0 Å². The average Bonchev–Trinajstić information content (AvgIpc) is 2.83. The van der Waals surface area contributed by atoms with E-state index in [0.717, 1.165) is 16.6 Å². The summed E-state index contributed by atoms with van der Waals surface area (Å²) >= 11 is 0. The Morgan fingerprint density at radius 3 is 2.38 bits per heavy atom. The summed E-state index contributed by atoms with van der Waals surface area (Å²) in [7, 11) is -1.45. The zero-order valence-electron chi connectivity index (χ0n) is 14.2. The van der Waals surface area contributed by atoms with Gasteiger partial charge in [-0.05, 0) is 50.1 Å². The van der Waals surface area contributed by atoms with E-state index in [9.17, 15) is 8.42 Å². The van der Waals surface area contributed by atoms with Gasteiger partial charge in [0.2, 0.25) is 10.0 Å². The van der Waals surface area contributed by atoms with Gasteiger partial charge in [-0.3, -0.25) is 0 Å². The fourth-order valence-electron chi connectivity index (χ4n) is 2.91. The predicted octanol–water partition coefficient (Wildman–Crippen LogP) is 3.32. The lowest BCUT2D eigenvalue weighted by Gasteiger charge is -2.07. The van der Waals surface area contributed by atoms with Gasteiger partial charge in [-0.2, -0.15) is 0 Å². The molecule has 0 aliphatic rings. The molecule has 2 aromatic carbocycles. The van der Waals surface area contributed by atoms with Gasteiger partial charge in [0.15, 0.2) is 0 Å². The maximum absolute atomic E-state index is 12.3. The highest BCUT2D eigenvalue weighted by Gasteiger charge is 2.14. The molecule has 4 nitrogen and oxygen atoms in total. The third-order valence-electron chi connectivity index (χ3n) is 4.25. The number of nitrogens with zero attached hydrogens (tertiary/aromatic N) is 1. The van der Waals surface area contributed by atoms with Crippen molar-refractivity contribution in [2.24, 2.45) is 7.05 Å². The van der Waals surface area contributed by atoms with Gasteiger partial charge >= 0.3 is 0 Å². The Morgan fingerprint density at radius 1 is 1.00 bits per heavy atom. The van der Waals surface area contributed by atoms with Crippen molar-refractivity contribution in [3.8, 4) is 0 Å². The normalized spacial score (nSPS) is 12.0. The minimum Gasteiger partial charge on any atom is -0.350 e. The lowest BCUT2D eigenvalue weighted by Crippen LogP contribution is -2.25. The van der Waals surface area contributed by atoms with Gasteiger partial charge in [-0.25, -0.2) is 13.1 Å². The van der Waals surface area contributed by atoms with Gasteiger partial charge in [-0.15, -0.1) is 0 Å². The summed E-state index contributed by atoms with van der Waals surface area (Å²) in [4.78, 5) is 0.307. The Morgan fingerprint density at radius 2 is 1.67 bits per heavy atom. The van der Waals surface area contributed by atoms with Gasteiger partial charge in [-0.1, -0.05) is 29.3 Å². The summed E-state index contributed by atoms with van der Waals surface area (Å²) in [6.45, 7) is 4.38. The first-order valence-corrected chi connectivity index (χ1v) is 9.46. The molecule has 0 saturated heterocycles. The third kappa shape index (κ3) is 3.37. The molecule has 0 aliphatic carbocycles. The van der Waals surface area contributed by atoms with E-state index in [1.165, 1.54) is 10.9 Å². The highest BCUT2D eigenvalue weighted by Crippen LogP contribution is 2.22. The van der Waals surface area contributed by atoms with Crippen LogP contribution in [0.4, 0.5) is 0 Å². The highest BCUT2D eigenvalue weighted by molar-refractivity contribution is 7.89. The first kappa shape index (κ1) is 16.7. The van der Waals surface area contributed by atoms with Crippen LogP contribution < -0.4 is 4.72 Å². The van der Waals surface area contributed by atoms with Crippen LogP contribution in [0.5, 0.6) is 0 Å². The summed E-state index contributed by atoms with van der Waals surface area (Å²) in [5.41, 5.74) is 4.56. The van der Waals surface area contributed by atoms with E-state index in [2.05, 4.69) is 40.6 Å². The quantitative estimate of drug-likeness (QED) is 0.773. The number of aromatic nitrogens is 1. The predicted molar refractivity (Wildman–Crippen MR) is 97.7 cm³/mol. The molecule has 3 aromatic rings. The number of aryl methyl sites for hydroxylation is 3. The monoisotopic (exact) mass is 342 g/mol. The smallest absolute Gasteiger partial charge is 0.240 e. The van der Waals surface area contributed by atoms with Crippen molar-refractivity contribution in [3.05, 3.63) is 65.4 Å². The summed E-state index contributed by atoms with van der Waals surface area (Å²) < 4.78 is 29.5. The lowest BCUT2D eigenvalue weighted by atomic mass is 10.1. The van der Waals surface area contributed by atoms with Gasteiger partial charge < -0.3 is 4.57 Å². The molecule has 1 N–H and O–H groups in total. The van der Waals surface area contributed by atoms with Crippen molar-refractivity contribution in [1.82, 2.24) is 9.29 Å². The zero-order valence-corrected chi connectivity index (χ0v) is 15.0. The van der Waals surface area contributed by atoms with Gasteiger partial charge in [0.1, 0.15) is 0 Å². The van der Waals surface area contributed by atoms with Crippen LogP contribution in [-0.4, -0.2) is 19.5 Å². The fourth-order valence-corrected chi connectivity index (χ4v) is 3.94. The molecule has 0 spiro atoms. The number of hydrogen-bond acceptors (Lipinski definition) is 2. The number of fused-ring (bicyclic) bond motifs is 1. The van der Waals surface area contributed by atoms with Crippen LogP contribution in [0.1, 0.15) is 16.7 Å². The Labute approximate surface area is 143 Å². The molecule has 24 heavy (non-hydrogen) atoms. The first-order chi connectivity index (χ1) is 11.4. The molecule has 0 bridgehead atoms. The van der Waals surface area contributed by atoms with Gasteiger partial charge in [0.05, 0.1) is 4.90 Å². The van der Waals surface area contributed by atoms with E-state index >= 15 is 0 Å². The van der Waals surface area contributed by atoms with Crippen molar-refractivity contribution in [3.63, 3.8) is 0 Å². The maximum atomic E-state index is 12.3. The van der Waals surface area contributed by atoms with E-state index in [-0.39, 0.29) is 0 Å². The second-order valence-electron chi connectivity index (χ2n) is 6.25. The van der Waals surface area contributed by atoms with Crippen LogP contribution in [0.3, 0.4) is 0 Å². The molecule has 0 fully saturated rings. The van der Waals surface area contributed by atoms with Crippen molar-refractivity contribution in [2.75, 3.05) is 6.54 Å². The number of rotatable bonds is 5. The minimum absolute atomic E-state index is 0.307. The van der Waals surface area contributed by atoms with Crippen LogP contribution in [0.25, 0.3) is 10.9 Å². The van der Waals surface area contributed by atoms with Crippen LogP contribution in [-0.2, 0) is 23.5 Å². The second-order valence-corrected chi connectivity index (χ2v) is 8.01. The summed E-state index contributed by atoms with van der Waals surface area (Å²) in [5, 5.41) is 1.19. The average molecular weight is 342 g/mol. The van der Waals surface area contributed by atoms with E-state index < -0.39 is 10.0 Å². The molecule has 1 aromatic heterocycles. The molecule has 0 radical (unpaired) electrons. The largest absolute Gasteiger partial charge is 0.350 e. The Hall–Kier alpha value is -2.11. The standard InChI is InChI=1S/C19H22N2O2S/c1-14-4-7-17(8-5-14)24(22,23)20-11-10-16-13-21(3)19-9-6-15(2)12-18(16)19/h4-9,12-13,20H,10-11H2,1-3H3. The first-order valence-electron chi connectivity index (χ1n) is 7.98. The molecule has 126 valence electrons. The van der Waals surface area contributed by atoms with E-state index in [1.54, 1.807) is 12.1 Å². The molecular weight excluding hydrogens is 320 g/mol. The van der Waals surface area contributed by atoms with Gasteiger partial charge in [0, 0.05) is 30.7 Å². The van der Waals surface area contributed by atoms with Crippen molar-refractivity contribution < 1.29 is 8.42 Å². The Bertz CT molecular complexity index is 971. The topological polar surface area (TPSA) is 51.1 Å². The number of sulfonamides is 1. The van der Waals surface area contributed by atoms with E-state index in [1.807, 2.05) is 26.1 Å². The number of nitrogens with one attached hydrogen (secondary N) is 1. The number of hydrogen-bond donors (Lipinski definition) is 1.